The van der Waals surface area contributed by atoms with Gasteiger partial charge in [-0.25, -0.2) is 0 Å². The Labute approximate surface area is 96.0 Å². The number of aliphatic hydroxyl groups is 1. The summed E-state index contributed by atoms with van der Waals surface area (Å²) in [5, 5.41) is 12.6. The highest BCUT2D eigenvalue weighted by atomic mass is 16.3. The number of likely N-dealkylation sites (tertiary alicyclic amines) is 1. The lowest BCUT2D eigenvalue weighted by Crippen LogP contribution is -2.38. The Morgan fingerprint density at radius 1 is 1.50 bits per heavy atom. The molecule has 3 unspecified atom stereocenters. The van der Waals surface area contributed by atoms with Crippen LogP contribution in [0.15, 0.2) is 0 Å². The molecule has 1 heterocycles. The topological polar surface area (TPSA) is 52.6 Å². The number of amides is 1. The summed E-state index contributed by atoms with van der Waals surface area (Å²) >= 11 is 0. The number of carbonyl (C=O) groups is 1. The summed E-state index contributed by atoms with van der Waals surface area (Å²) in [5.41, 5.74) is 0. The van der Waals surface area contributed by atoms with Crippen LogP contribution in [-0.2, 0) is 4.79 Å². The van der Waals surface area contributed by atoms with Gasteiger partial charge in [0.1, 0.15) is 0 Å². The third-order valence-electron chi connectivity index (χ3n) is 3.68. The van der Waals surface area contributed by atoms with Gasteiger partial charge in [0.2, 0.25) is 5.91 Å². The second-order valence-electron chi connectivity index (χ2n) is 4.68. The van der Waals surface area contributed by atoms with Crippen LogP contribution in [0.5, 0.6) is 0 Å². The summed E-state index contributed by atoms with van der Waals surface area (Å²) in [6.45, 7) is 2.25. The normalized spacial score (nSPS) is 32.5. The molecule has 0 radical (unpaired) electrons. The first kappa shape index (κ1) is 11.4. The minimum absolute atomic E-state index is 0.0943. The van der Waals surface area contributed by atoms with E-state index in [4.69, 9.17) is 6.42 Å². The largest absolute Gasteiger partial charge is 0.393 e. The van der Waals surface area contributed by atoms with E-state index in [2.05, 4.69) is 11.2 Å². The van der Waals surface area contributed by atoms with E-state index in [1.807, 2.05) is 4.90 Å². The molecule has 0 aromatic carbocycles. The molecule has 0 bridgehead atoms. The van der Waals surface area contributed by atoms with Gasteiger partial charge < -0.3 is 10.0 Å². The fourth-order valence-corrected chi connectivity index (χ4v) is 2.79. The molecule has 2 N–H and O–H groups in total. The van der Waals surface area contributed by atoms with E-state index in [0.29, 0.717) is 31.5 Å². The lowest BCUT2D eigenvalue weighted by Gasteiger charge is -2.18. The third kappa shape index (κ3) is 2.21. The van der Waals surface area contributed by atoms with Crippen molar-refractivity contribution in [3.05, 3.63) is 0 Å². The van der Waals surface area contributed by atoms with Crippen molar-refractivity contribution in [2.24, 2.45) is 11.8 Å². The Balaban J connectivity index is 1.80. The first-order valence-corrected chi connectivity index (χ1v) is 5.82. The zero-order valence-electron chi connectivity index (χ0n) is 9.35. The lowest BCUT2D eigenvalue weighted by molar-refractivity contribution is -0.129. The molecule has 1 aliphatic heterocycles. The van der Waals surface area contributed by atoms with Gasteiger partial charge in [-0.05, 0) is 18.8 Å². The van der Waals surface area contributed by atoms with Crippen LogP contribution in [-0.4, -0.2) is 48.2 Å². The zero-order chi connectivity index (χ0) is 11.5. The van der Waals surface area contributed by atoms with E-state index in [9.17, 15) is 9.90 Å². The Bertz CT molecular complexity index is 311. The van der Waals surface area contributed by atoms with Crippen molar-refractivity contribution in [3.63, 3.8) is 0 Å². The Hall–Kier alpha value is -1.05. The molecule has 16 heavy (non-hydrogen) atoms. The fraction of sp³-hybridized carbons (Fsp3) is 0.750. The molecule has 1 saturated heterocycles. The van der Waals surface area contributed by atoms with Gasteiger partial charge in [0, 0.05) is 19.0 Å². The number of hydrogen-bond donors (Lipinski definition) is 2. The molecule has 2 aliphatic rings. The SMILES string of the molecule is C#CCNCC(=O)N1CC2CCC(O)C2C1. The number of terminal acetylenes is 1. The summed E-state index contributed by atoms with van der Waals surface area (Å²) < 4.78 is 0. The Morgan fingerprint density at radius 3 is 3.00 bits per heavy atom. The smallest absolute Gasteiger partial charge is 0.236 e. The number of nitrogens with zero attached hydrogens (tertiary/aromatic N) is 1. The molecule has 0 aromatic rings. The van der Waals surface area contributed by atoms with Crippen molar-refractivity contribution < 1.29 is 9.90 Å². The summed E-state index contributed by atoms with van der Waals surface area (Å²) in [6.07, 6.45) is 6.83. The third-order valence-corrected chi connectivity index (χ3v) is 3.68. The first-order valence-electron chi connectivity index (χ1n) is 5.82. The maximum Gasteiger partial charge on any atom is 0.236 e. The Morgan fingerprint density at radius 2 is 2.31 bits per heavy atom. The van der Waals surface area contributed by atoms with Crippen LogP contribution in [0.4, 0.5) is 0 Å². The molecule has 0 spiro atoms. The number of fused-ring (bicyclic) bond motifs is 1. The van der Waals surface area contributed by atoms with Crippen LogP contribution in [0, 0.1) is 24.2 Å². The van der Waals surface area contributed by atoms with E-state index < -0.39 is 0 Å². The van der Waals surface area contributed by atoms with Gasteiger partial charge in [-0.1, -0.05) is 5.92 Å². The van der Waals surface area contributed by atoms with E-state index in [1.165, 1.54) is 0 Å². The molecule has 1 amide bonds. The van der Waals surface area contributed by atoms with Crippen molar-refractivity contribution in [2.75, 3.05) is 26.2 Å². The molecule has 4 heteroatoms. The molecule has 4 nitrogen and oxygen atoms in total. The molecule has 3 atom stereocenters. The van der Waals surface area contributed by atoms with E-state index >= 15 is 0 Å². The van der Waals surface area contributed by atoms with Crippen LogP contribution in [0.2, 0.25) is 0 Å². The van der Waals surface area contributed by atoms with Crippen molar-refractivity contribution in [1.82, 2.24) is 10.2 Å². The van der Waals surface area contributed by atoms with Crippen molar-refractivity contribution in [2.45, 2.75) is 18.9 Å². The predicted molar refractivity (Wildman–Crippen MR) is 60.5 cm³/mol. The van der Waals surface area contributed by atoms with E-state index in [0.717, 1.165) is 19.4 Å². The predicted octanol–water partition coefficient (Wildman–Crippen LogP) is -0.562. The standard InChI is InChI=1S/C12H18N2O2/c1-2-5-13-6-12(16)14-7-9-3-4-11(15)10(9)8-14/h1,9-11,13,15H,3-8H2. The van der Waals surface area contributed by atoms with E-state index in [1.54, 1.807) is 0 Å². The molecule has 2 rings (SSSR count). The molecule has 0 aromatic heterocycles. The number of nitrogens with one attached hydrogen (secondary N) is 1. The van der Waals surface area contributed by atoms with Crippen molar-refractivity contribution in [1.29, 1.82) is 0 Å². The average Bonchev–Trinajstić information content (AvgIpc) is 2.82. The molecule has 1 saturated carbocycles. The maximum atomic E-state index is 11.8. The number of aliphatic hydroxyl groups excluding tert-OH is 1. The van der Waals surface area contributed by atoms with Gasteiger partial charge >= 0.3 is 0 Å². The number of rotatable bonds is 3. The van der Waals surface area contributed by atoms with Crippen LogP contribution in [0.1, 0.15) is 12.8 Å². The van der Waals surface area contributed by atoms with Crippen molar-refractivity contribution in [3.8, 4) is 12.3 Å². The maximum absolute atomic E-state index is 11.8. The van der Waals surface area contributed by atoms with E-state index in [-0.39, 0.29) is 12.0 Å². The number of carbonyl (C=O) groups excluding carboxylic acids is 1. The Kier molecular flexibility index (Phi) is 3.47. The second kappa shape index (κ2) is 4.86. The molecule has 88 valence electrons. The highest BCUT2D eigenvalue weighted by Crippen LogP contribution is 2.37. The quantitative estimate of drug-likeness (QED) is 0.497. The van der Waals surface area contributed by atoms with Crippen LogP contribution < -0.4 is 5.32 Å². The average molecular weight is 222 g/mol. The zero-order valence-corrected chi connectivity index (χ0v) is 9.35. The summed E-state index contributed by atoms with van der Waals surface area (Å²) in [6, 6.07) is 0. The van der Waals surface area contributed by atoms with Crippen LogP contribution in [0.3, 0.4) is 0 Å². The van der Waals surface area contributed by atoms with Crippen molar-refractivity contribution >= 4 is 5.91 Å². The van der Waals surface area contributed by atoms with Crippen LogP contribution in [0.25, 0.3) is 0 Å². The number of hydrogen-bond acceptors (Lipinski definition) is 3. The summed E-state index contributed by atoms with van der Waals surface area (Å²) in [7, 11) is 0. The monoisotopic (exact) mass is 222 g/mol. The first-order chi connectivity index (χ1) is 7.72. The van der Waals surface area contributed by atoms with Gasteiger partial charge in [0.25, 0.3) is 0 Å². The summed E-state index contributed by atoms with van der Waals surface area (Å²) in [4.78, 5) is 13.6. The second-order valence-corrected chi connectivity index (χ2v) is 4.68. The molecule has 1 aliphatic carbocycles. The summed E-state index contributed by atoms with van der Waals surface area (Å²) in [5.74, 6) is 3.34. The minimum Gasteiger partial charge on any atom is -0.393 e. The highest BCUT2D eigenvalue weighted by molar-refractivity contribution is 5.78. The van der Waals surface area contributed by atoms with Gasteiger partial charge in [0.15, 0.2) is 0 Å². The molecular weight excluding hydrogens is 204 g/mol. The van der Waals surface area contributed by atoms with Crippen LogP contribution >= 0.6 is 0 Å². The minimum atomic E-state index is -0.207. The van der Waals surface area contributed by atoms with Gasteiger partial charge in [0.05, 0.1) is 19.2 Å². The highest BCUT2D eigenvalue weighted by Gasteiger charge is 2.42. The fourth-order valence-electron chi connectivity index (χ4n) is 2.79. The molecular formula is C12H18N2O2. The van der Waals surface area contributed by atoms with Gasteiger partial charge in [-0.3, -0.25) is 10.1 Å². The van der Waals surface area contributed by atoms with Gasteiger partial charge in [-0.15, -0.1) is 6.42 Å². The van der Waals surface area contributed by atoms with Gasteiger partial charge in [-0.2, -0.15) is 0 Å². The lowest BCUT2D eigenvalue weighted by atomic mass is 10.00. The molecule has 2 fully saturated rings.